The van der Waals surface area contributed by atoms with Crippen molar-refractivity contribution in [1.82, 2.24) is 0 Å². The van der Waals surface area contributed by atoms with Crippen LogP contribution < -0.4 is 9.47 Å². The minimum atomic E-state index is -0.898. The summed E-state index contributed by atoms with van der Waals surface area (Å²) in [5, 5.41) is 4.74. The first-order chi connectivity index (χ1) is 13.7. The van der Waals surface area contributed by atoms with Gasteiger partial charge in [0, 0.05) is 22.8 Å². The van der Waals surface area contributed by atoms with Gasteiger partial charge in [-0.2, -0.15) is 0 Å². The molecule has 28 heavy (non-hydrogen) atoms. The van der Waals surface area contributed by atoms with E-state index in [1.54, 1.807) is 0 Å². The van der Waals surface area contributed by atoms with Crippen LogP contribution in [0, 0.1) is 0 Å². The topological polar surface area (TPSA) is 18.5 Å². The second-order valence-electron chi connectivity index (χ2n) is 7.51. The van der Waals surface area contributed by atoms with Gasteiger partial charge in [0.1, 0.15) is 11.5 Å². The summed E-state index contributed by atoms with van der Waals surface area (Å²) in [6.45, 7) is 2.06. The number of hydrogen-bond donors (Lipinski definition) is 0. The smallest absolute Gasteiger partial charge is 0.294 e. The van der Waals surface area contributed by atoms with E-state index < -0.39 is 5.79 Å². The van der Waals surface area contributed by atoms with Crippen molar-refractivity contribution in [2.45, 2.75) is 12.7 Å². The molecule has 0 radical (unpaired) electrons. The van der Waals surface area contributed by atoms with Gasteiger partial charge in [-0.05, 0) is 64.9 Å². The summed E-state index contributed by atoms with van der Waals surface area (Å²) in [5.74, 6) is 0.793. The summed E-state index contributed by atoms with van der Waals surface area (Å²) in [7, 11) is 0. The third-order valence-corrected chi connectivity index (χ3v) is 5.68. The molecule has 1 unspecified atom stereocenters. The van der Waals surface area contributed by atoms with Gasteiger partial charge < -0.3 is 9.47 Å². The molecule has 0 aromatic heterocycles. The Hall–Kier alpha value is -3.52. The van der Waals surface area contributed by atoms with Gasteiger partial charge in [-0.3, -0.25) is 0 Å². The third-order valence-electron chi connectivity index (χ3n) is 5.68. The maximum absolute atomic E-state index is 6.47. The fourth-order valence-electron chi connectivity index (χ4n) is 4.14. The molecule has 0 saturated heterocycles. The second kappa shape index (κ2) is 5.49. The first-order valence-corrected chi connectivity index (χ1v) is 9.52. The van der Waals surface area contributed by atoms with Crippen LogP contribution in [0.3, 0.4) is 0 Å². The van der Waals surface area contributed by atoms with Gasteiger partial charge in [-0.15, -0.1) is 0 Å². The lowest BCUT2D eigenvalue weighted by Crippen LogP contribution is -2.44. The van der Waals surface area contributed by atoms with Gasteiger partial charge in [-0.25, -0.2) is 0 Å². The van der Waals surface area contributed by atoms with E-state index >= 15 is 0 Å². The monoisotopic (exact) mass is 362 g/mol. The lowest BCUT2D eigenvalue weighted by Gasteiger charge is -2.38. The van der Waals surface area contributed by atoms with Crippen molar-refractivity contribution in [3.05, 3.63) is 95.6 Å². The van der Waals surface area contributed by atoms with Crippen molar-refractivity contribution in [1.29, 1.82) is 0 Å². The Morgan fingerprint density at radius 3 is 1.75 bits per heavy atom. The lowest BCUT2D eigenvalue weighted by atomic mass is 9.94. The largest absolute Gasteiger partial charge is 0.444 e. The Bertz CT molecular complexity index is 1330. The van der Waals surface area contributed by atoms with Crippen molar-refractivity contribution in [2.75, 3.05) is 0 Å². The molecule has 0 fully saturated rings. The SMILES string of the molecule is CC1=Cc2cc3ccccc3cc2OC12C=Cc1cc3ccccc3cc1O2. The molecule has 134 valence electrons. The van der Waals surface area contributed by atoms with Gasteiger partial charge in [0.15, 0.2) is 0 Å². The van der Waals surface area contributed by atoms with E-state index in [-0.39, 0.29) is 0 Å². The van der Waals surface area contributed by atoms with Crippen LogP contribution in [0.5, 0.6) is 11.5 Å². The van der Waals surface area contributed by atoms with E-state index in [1.165, 1.54) is 10.8 Å². The number of ether oxygens (including phenoxy) is 2. The third kappa shape index (κ3) is 2.21. The quantitative estimate of drug-likeness (QED) is 0.351. The van der Waals surface area contributed by atoms with Crippen LogP contribution in [0.4, 0.5) is 0 Å². The molecule has 0 N–H and O–H groups in total. The molecule has 6 rings (SSSR count). The summed E-state index contributed by atoms with van der Waals surface area (Å²) in [6, 6.07) is 25.2. The van der Waals surface area contributed by atoms with Crippen molar-refractivity contribution in [3.63, 3.8) is 0 Å². The van der Waals surface area contributed by atoms with E-state index in [2.05, 4.69) is 79.7 Å². The van der Waals surface area contributed by atoms with Gasteiger partial charge >= 0.3 is 0 Å². The zero-order valence-corrected chi connectivity index (χ0v) is 15.5. The minimum Gasteiger partial charge on any atom is -0.444 e. The number of rotatable bonds is 0. The van der Waals surface area contributed by atoms with Crippen LogP contribution in [0.1, 0.15) is 18.1 Å². The normalized spacial score (nSPS) is 19.7. The molecule has 0 saturated carbocycles. The van der Waals surface area contributed by atoms with Crippen LogP contribution in [-0.4, -0.2) is 5.79 Å². The maximum atomic E-state index is 6.47. The van der Waals surface area contributed by atoms with Gasteiger partial charge in [0.2, 0.25) is 0 Å². The van der Waals surface area contributed by atoms with E-state index in [0.717, 1.165) is 39.0 Å². The van der Waals surface area contributed by atoms with Crippen molar-refractivity contribution < 1.29 is 9.47 Å². The molecule has 0 aliphatic carbocycles. The van der Waals surface area contributed by atoms with Gasteiger partial charge in [-0.1, -0.05) is 48.5 Å². The summed E-state index contributed by atoms with van der Waals surface area (Å²) in [5.41, 5.74) is 3.19. The summed E-state index contributed by atoms with van der Waals surface area (Å²) >= 11 is 0. The van der Waals surface area contributed by atoms with E-state index in [9.17, 15) is 0 Å². The number of fused-ring (bicyclic) bond motifs is 4. The molecule has 2 heterocycles. The molecule has 0 bridgehead atoms. The molecule has 1 atom stereocenters. The maximum Gasteiger partial charge on any atom is 0.294 e. The molecule has 2 heteroatoms. The minimum absolute atomic E-state index is 0.846. The molecule has 0 amide bonds. The molecule has 2 aliphatic rings. The Morgan fingerprint density at radius 1 is 0.643 bits per heavy atom. The predicted molar refractivity (Wildman–Crippen MR) is 115 cm³/mol. The molecule has 2 aliphatic heterocycles. The standard InChI is InChI=1S/C26H18O2/c1-17-12-23-14-19-7-3-5-9-21(19)16-25(23)28-26(17)11-10-22-13-18-6-2-4-8-20(18)15-24(22)27-26/h2-16H,1H3. The first kappa shape index (κ1) is 15.5. The molecular formula is C26H18O2. The summed E-state index contributed by atoms with van der Waals surface area (Å²) in [4.78, 5) is 0. The number of benzene rings is 4. The Kier molecular flexibility index (Phi) is 3.05. The second-order valence-corrected chi connectivity index (χ2v) is 7.51. The van der Waals surface area contributed by atoms with Crippen LogP contribution in [0.25, 0.3) is 33.7 Å². The summed E-state index contributed by atoms with van der Waals surface area (Å²) < 4.78 is 12.9. The highest BCUT2D eigenvalue weighted by Crippen LogP contribution is 2.43. The van der Waals surface area contributed by atoms with E-state index in [4.69, 9.17) is 9.47 Å². The fraction of sp³-hybridized carbons (Fsp3) is 0.0769. The zero-order chi connectivity index (χ0) is 18.7. The van der Waals surface area contributed by atoms with Crippen molar-refractivity contribution in [3.8, 4) is 11.5 Å². The molecule has 4 aromatic rings. The Labute approximate surface area is 163 Å². The highest BCUT2D eigenvalue weighted by molar-refractivity contribution is 5.89. The van der Waals surface area contributed by atoms with Gasteiger partial charge in [0.05, 0.1) is 0 Å². The van der Waals surface area contributed by atoms with Crippen LogP contribution in [0.15, 0.2) is 84.4 Å². The average molecular weight is 362 g/mol. The summed E-state index contributed by atoms with van der Waals surface area (Å²) in [6.07, 6.45) is 6.30. The molecule has 1 spiro atoms. The van der Waals surface area contributed by atoms with Crippen LogP contribution in [-0.2, 0) is 0 Å². The highest BCUT2D eigenvalue weighted by Gasteiger charge is 2.40. The van der Waals surface area contributed by atoms with Crippen LogP contribution >= 0.6 is 0 Å². The van der Waals surface area contributed by atoms with Crippen molar-refractivity contribution >= 4 is 33.7 Å². The van der Waals surface area contributed by atoms with Crippen molar-refractivity contribution in [2.24, 2.45) is 0 Å². The Balaban J connectivity index is 1.48. The Morgan fingerprint density at radius 2 is 1.14 bits per heavy atom. The average Bonchev–Trinajstić information content (AvgIpc) is 2.72. The molecule has 4 aromatic carbocycles. The highest BCUT2D eigenvalue weighted by atomic mass is 16.7. The van der Waals surface area contributed by atoms with Gasteiger partial charge in [0.25, 0.3) is 5.79 Å². The first-order valence-electron chi connectivity index (χ1n) is 9.52. The fourth-order valence-corrected chi connectivity index (χ4v) is 4.14. The predicted octanol–water partition coefficient (Wildman–Crippen LogP) is 6.59. The van der Waals surface area contributed by atoms with Crippen LogP contribution in [0.2, 0.25) is 0 Å². The van der Waals surface area contributed by atoms with E-state index in [1.807, 2.05) is 18.2 Å². The zero-order valence-electron chi connectivity index (χ0n) is 15.5. The van der Waals surface area contributed by atoms with E-state index in [0.29, 0.717) is 0 Å². The molecule has 2 nitrogen and oxygen atoms in total. The molecular weight excluding hydrogens is 344 g/mol. The number of hydrogen-bond acceptors (Lipinski definition) is 2. The lowest BCUT2D eigenvalue weighted by molar-refractivity contribution is -0.0409.